The van der Waals surface area contributed by atoms with Gasteiger partial charge in [-0.1, -0.05) is 0 Å². The van der Waals surface area contributed by atoms with E-state index in [0.717, 1.165) is 30.0 Å². The molecule has 0 spiro atoms. The van der Waals surface area contributed by atoms with E-state index >= 15 is 0 Å². The van der Waals surface area contributed by atoms with Crippen molar-refractivity contribution in [3.8, 4) is 0 Å². The number of aryl methyl sites for hydroxylation is 1. The number of rotatable bonds is 3. The predicted molar refractivity (Wildman–Crippen MR) is 65.4 cm³/mol. The number of pyridine rings is 1. The molecular weight excluding hydrogens is 202 g/mol. The molecule has 2 unspecified atom stereocenters. The fourth-order valence-electron chi connectivity index (χ4n) is 2.22. The third-order valence-corrected chi connectivity index (χ3v) is 3.22. The highest BCUT2D eigenvalue weighted by Gasteiger charge is 2.27. The SMILES string of the molecule is COC1CCCC1Nc1ccc(N)c(C)n1. The molecular formula is C12H19N3O. The zero-order chi connectivity index (χ0) is 11.5. The average Bonchev–Trinajstić information content (AvgIpc) is 2.71. The van der Waals surface area contributed by atoms with Gasteiger partial charge < -0.3 is 15.8 Å². The lowest BCUT2D eigenvalue weighted by Crippen LogP contribution is -2.30. The summed E-state index contributed by atoms with van der Waals surface area (Å²) in [5.74, 6) is 0.889. The maximum Gasteiger partial charge on any atom is 0.126 e. The van der Waals surface area contributed by atoms with Gasteiger partial charge in [-0.2, -0.15) is 0 Å². The summed E-state index contributed by atoms with van der Waals surface area (Å²) in [4.78, 5) is 4.41. The first kappa shape index (κ1) is 11.2. The van der Waals surface area contributed by atoms with Gasteiger partial charge in [0.05, 0.1) is 23.5 Å². The fraction of sp³-hybridized carbons (Fsp3) is 0.583. The van der Waals surface area contributed by atoms with Crippen LogP contribution in [0.25, 0.3) is 0 Å². The topological polar surface area (TPSA) is 60.2 Å². The van der Waals surface area contributed by atoms with Crippen molar-refractivity contribution in [2.75, 3.05) is 18.2 Å². The van der Waals surface area contributed by atoms with E-state index in [1.807, 2.05) is 19.1 Å². The van der Waals surface area contributed by atoms with Crippen LogP contribution in [0.1, 0.15) is 25.0 Å². The number of ether oxygens (including phenoxy) is 1. The molecule has 0 aliphatic heterocycles. The van der Waals surface area contributed by atoms with Crippen LogP contribution < -0.4 is 11.1 Å². The highest BCUT2D eigenvalue weighted by molar-refractivity contribution is 5.49. The molecule has 1 fully saturated rings. The standard InChI is InChI=1S/C12H19N3O/c1-8-9(13)6-7-12(14-8)15-10-4-3-5-11(10)16-2/h6-7,10-11H,3-5,13H2,1-2H3,(H,14,15). The summed E-state index contributed by atoms with van der Waals surface area (Å²) in [6.07, 6.45) is 3.79. The van der Waals surface area contributed by atoms with Crippen molar-refractivity contribution in [2.24, 2.45) is 0 Å². The van der Waals surface area contributed by atoms with E-state index in [-0.39, 0.29) is 0 Å². The minimum absolute atomic E-state index is 0.305. The molecule has 2 atom stereocenters. The number of hydrogen-bond acceptors (Lipinski definition) is 4. The molecule has 1 saturated carbocycles. The third kappa shape index (κ3) is 2.27. The number of nitrogen functional groups attached to an aromatic ring is 1. The average molecular weight is 221 g/mol. The molecule has 1 aliphatic rings. The van der Waals surface area contributed by atoms with E-state index in [4.69, 9.17) is 10.5 Å². The molecule has 1 aromatic rings. The van der Waals surface area contributed by atoms with Crippen LogP contribution in [-0.4, -0.2) is 24.2 Å². The van der Waals surface area contributed by atoms with Gasteiger partial charge >= 0.3 is 0 Å². The molecule has 2 rings (SSSR count). The second-order valence-electron chi connectivity index (χ2n) is 4.33. The summed E-state index contributed by atoms with van der Waals surface area (Å²) in [6, 6.07) is 4.19. The van der Waals surface area contributed by atoms with Gasteiger partial charge in [0.25, 0.3) is 0 Å². The summed E-state index contributed by atoms with van der Waals surface area (Å²) in [5, 5.41) is 3.42. The van der Waals surface area contributed by atoms with E-state index in [1.165, 1.54) is 6.42 Å². The highest BCUT2D eigenvalue weighted by Crippen LogP contribution is 2.25. The van der Waals surface area contributed by atoms with Crippen molar-refractivity contribution in [3.63, 3.8) is 0 Å². The Morgan fingerprint density at radius 2 is 2.25 bits per heavy atom. The summed E-state index contributed by atoms with van der Waals surface area (Å²) in [7, 11) is 1.77. The molecule has 4 nitrogen and oxygen atoms in total. The maximum atomic E-state index is 5.74. The quantitative estimate of drug-likeness (QED) is 0.819. The molecule has 4 heteroatoms. The van der Waals surface area contributed by atoms with Crippen LogP contribution in [0.3, 0.4) is 0 Å². The van der Waals surface area contributed by atoms with Gasteiger partial charge in [0.15, 0.2) is 0 Å². The lowest BCUT2D eigenvalue weighted by Gasteiger charge is -2.20. The van der Waals surface area contributed by atoms with E-state index < -0.39 is 0 Å². The Labute approximate surface area is 96.2 Å². The Balaban J connectivity index is 2.05. The zero-order valence-electron chi connectivity index (χ0n) is 9.86. The van der Waals surface area contributed by atoms with Gasteiger partial charge in [-0.05, 0) is 38.3 Å². The summed E-state index contributed by atoms with van der Waals surface area (Å²) < 4.78 is 5.43. The number of nitrogens with one attached hydrogen (secondary N) is 1. The van der Waals surface area contributed by atoms with E-state index in [2.05, 4.69) is 10.3 Å². The number of hydrogen-bond donors (Lipinski definition) is 2. The lowest BCUT2D eigenvalue weighted by atomic mass is 10.2. The number of methoxy groups -OCH3 is 1. The van der Waals surface area contributed by atoms with Crippen molar-refractivity contribution in [1.29, 1.82) is 0 Å². The van der Waals surface area contributed by atoms with Gasteiger partial charge in [-0.15, -0.1) is 0 Å². The van der Waals surface area contributed by atoms with Gasteiger partial charge in [0.1, 0.15) is 5.82 Å². The molecule has 0 amide bonds. The van der Waals surface area contributed by atoms with Crippen molar-refractivity contribution in [3.05, 3.63) is 17.8 Å². The van der Waals surface area contributed by atoms with Crippen molar-refractivity contribution >= 4 is 11.5 Å². The van der Waals surface area contributed by atoms with Gasteiger partial charge in [0.2, 0.25) is 0 Å². The number of anilines is 2. The first-order valence-corrected chi connectivity index (χ1v) is 5.73. The van der Waals surface area contributed by atoms with Gasteiger partial charge in [-0.25, -0.2) is 4.98 Å². The van der Waals surface area contributed by atoms with Crippen LogP contribution in [0.5, 0.6) is 0 Å². The summed E-state index contributed by atoms with van der Waals surface area (Å²) >= 11 is 0. The van der Waals surface area contributed by atoms with Crippen LogP contribution in [0, 0.1) is 6.92 Å². The van der Waals surface area contributed by atoms with Crippen molar-refractivity contribution in [2.45, 2.75) is 38.3 Å². The Morgan fingerprint density at radius 3 is 2.94 bits per heavy atom. The fourth-order valence-corrected chi connectivity index (χ4v) is 2.22. The Kier molecular flexibility index (Phi) is 3.29. The van der Waals surface area contributed by atoms with Crippen molar-refractivity contribution < 1.29 is 4.74 Å². The molecule has 0 saturated heterocycles. The normalized spacial score (nSPS) is 24.6. The third-order valence-electron chi connectivity index (χ3n) is 3.22. The molecule has 1 heterocycles. The first-order valence-electron chi connectivity index (χ1n) is 5.73. The minimum atomic E-state index is 0.305. The van der Waals surface area contributed by atoms with Crippen LogP contribution in [-0.2, 0) is 4.74 Å². The molecule has 16 heavy (non-hydrogen) atoms. The molecule has 3 N–H and O–H groups in total. The smallest absolute Gasteiger partial charge is 0.126 e. The molecule has 1 aromatic heterocycles. The number of nitrogens with zero attached hydrogens (tertiary/aromatic N) is 1. The number of aromatic nitrogens is 1. The largest absolute Gasteiger partial charge is 0.397 e. The van der Waals surface area contributed by atoms with Crippen molar-refractivity contribution in [1.82, 2.24) is 4.98 Å². The molecule has 0 aromatic carbocycles. The first-order chi connectivity index (χ1) is 7.70. The molecule has 88 valence electrons. The van der Waals surface area contributed by atoms with E-state index in [1.54, 1.807) is 7.11 Å². The summed E-state index contributed by atoms with van der Waals surface area (Å²) in [5.41, 5.74) is 7.34. The van der Waals surface area contributed by atoms with Gasteiger partial charge in [-0.3, -0.25) is 0 Å². The Morgan fingerprint density at radius 1 is 1.44 bits per heavy atom. The minimum Gasteiger partial charge on any atom is -0.397 e. The maximum absolute atomic E-state index is 5.74. The second kappa shape index (κ2) is 4.70. The van der Waals surface area contributed by atoms with E-state index in [9.17, 15) is 0 Å². The van der Waals surface area contributed by atoms with Gasteiger partial charge in [0, 0.05) is 7.11 Å². The second-order valence-corrected chi connectivity index (χ2v) is 4.33. The molecule has 1 aliphatic carbocycles. The molecule has 0 radical (unpaired) electrons. The molecule has 0 bridgehead atoms. The van der Waals surface area contributed by atoms with Crippen LogP contribution in [0.2, 0.25) is 0 Å². The van der Waals surface area contributed by atoms with E-state index in [0.29, 0.717) is 12.1 Å². The highest BCUT2D eigenvalue weighted by atomic mass is 16.5. The predicted octanol–water partition coefficient (Wildman–Crippen LogP) is 1.95. The monoisotopic (exact) mass is 221 g/mol. The van der Waals surface area contributed by atoms with Crippen LogP contribution >= 0.6 is 0 Å². The summed E-state index contributed by atoms with van der Waals surface area (Å²) in [6.45, 7) is 1.92. The zero-order valence-corrected chi connectivity index (χ0v) is 9.86. The van der Waals surface area contributed by atoms with Crippen LogP contribution in [0.15, 0.2) is 12.1 Å². The Bertz CT molecular complexity index is 367. The van der Waals surface area contributed by atoms with Crippen LogP contribution in [0.4, 0.5) is 11.5 Å². The number of nitrogens with two attached hydrogens (primary N) is 1. The Hall–Kier alpha value is -1.29. The lowest BCUT2D eigenvalue weighted by molar-refractivity contribution is 0.101.